The van der Waals surface area contributed by atoms with E-state index in [-0.39, 0.29) is 47.7 Å². The first kappa shape index (κ1) is 29.9. The van der Waals surface area contributed by atoms with Gasteiger partial charge in [-0.15, -0.1) is 0 Å². The molecule has 11 heteroatoms. The second-order valence-electron chi connectivity index (χ2n) is 14.1. The summed E-state index contributed by atoms with van der Waals surface area (Å²) in [6.07, 6.45) is 0.416. The van der Waals surface area contributed by atoms with Gasteiger partial charge < -0.3 is 40.1 Å². The number of hydrogen-bond donors (Lipinski definition) is 6. The predicted molar refractivity (Wildman–Crippen MR) is 144 cm³/mol. The van der Waals surface area contributed by atoms with Crippen LogP contribution >= 0.6 is 0 Å². The maximum Gasteiger partial charge on any atom is 0.331 e. The van der Waals surface area contributed by atoms with E-state index in [4.69, 9.17) is 14.3 Å². The van der Waals surface area contributed by atoms with Crippen molar-refractivity contribution in [1.82, 2.24) is 5.06 Å². The van der Waals surface area contributed by atoms with E-state index < -0.39 is 54.4 Å². The molecule has 0 spiro atoms. The Balaban J connectivity index is 1.22. The third kappa shape index (κ3) is 4.22. The number of carbonyl (C=O) groups excluding carboxylic acids is 1. The van der Waals surface area contributed by atoms with Crippen molar-refractivity contribution in [3.05, 3.63) is 11.6 Å². The standard InChI is InChI=1S/C30H47NO10/c1-28-8-6-17(31(39-3)27-26(37)25(36)24(35)21(13-32)41-27)11-16(28)4-5-19-20(28)12-22(33)29(2)18(7-9-30(19,29)38)15-10-23(34)40-14-15/h10,16-22,24-27,32-33,35-38H,4-9,11-14H2,1-3H3/t16-,17+,18-,19-,20+,21-,22-,24-,25+,26-,27-,28+,29+,30+/m1/s1. The molecule has 0 radical (unpaired) electrons. The Hall–Kier alpha value is -1.15. The Morgan fingerprint density at radius 1 is 1.00 bits per heavy atom. The number of esters is 1. The van der Waals surface area contributed by atoms with Gasteiger partial charge in [0.25, 0.3) is 0 Å². The van der Waals surface area contributed by atoms with Crippen LogP contribution in [-0.2, 0) is 19.1 Å². The van der Waals surface area contributed by atoms with Crippen molar-refractivity contribution in [2.45, 2.75) is 114 Å². The summed E-state index contributed by atoms with van der Waals surface area (Å²) < 4.78 is 11.0. The van der Waals surface area contributed by atoms with Gasteiger partial charge in [-0.05, 0) is 86.0 Å². The van der Waals surface area contributed by atoms with Gasteiger partial charge in [-0.1, -0.05) is 13.8 Å². The highest BCUT2D eigenvalue weighted by atomic mass is 16.7. The maximum absolute atomic E-state index is 12.5. The van der Waals surface area contributed by atoms with Gasteiger partial charge >= 0.3 is 5.97 Å². The number of aliphatic hydroxyl groups excluding tert-OH is 5. The summed E-state index contributed by atoms with van der Waals surface area (Å²) in [7, 11) is 1.49. The zero-order valence-electron chi connectivity index (χ0n) is 24.3. The van der Waals surface area contributed by atoms with Crippen LogP contribution in [0.25, 0.3) is 0 Å². The Kier molecular flexibility index (Phi) is 7.65. The molecule has 0 aromatic carbocycles. The highest BCUT2D eigenvalue weighted by molar-refractivity contribution is 5.85. The van der Waals surface area contributed by atoms with Gasteiger partial charge in [0, 0.05) is 17.5 Å². The van der Waals surface area contributed by atoms with Crippen LogP contribution < -0.4 is 0 Å². The van der Waals surface area contributed by atoms with Gasteiger partial charge in [-0.25, -0.2) is 4.79 Å². The second-order valence-corrected chi connectivity index (χ2v) is 14.1. The molecule has 11 nitrogen and oxygen atoms in total. The number of nitrogens with zero attached hydrogens (tertiary/aromatic N) is 1. The average Bonchev–Trinajstić information content (AvgIpc) is 3.50. The molecule has 0 aromatic heterocycles. The van der Waals surface area contributed by atoms with Crippen LogP contribution in [0.2, 0.25) is 0 Å². The van der Waals surface area contributed by atoms with Gasteiger partial charge in [0.15, 0.2) is 6.23 Å². The lowest BCUT2D eigenvalue weighted by Gasteiger charge is -2.65. The first-order valence-electron chi connectivity index (χ1n) is 15.3. The van der Waals surface area contributed by atoms with Crippen LogP contribution in [0.4, 0.5) is 0 Å². The van der Waals surface area contributed by atoms with E-state index in [0.717, 1.165) is 44.1 Å². The number of fused-ring (bicyclic) bond motifs is 5. The fourth-order valence-electron chi connectivity index (χ4n) is 10.4. The summed E-state index contributed by atoms with van der Waals surface area (Å²) >= 11 is 0. The number of ether oxygens (including phenoxy) is 2. The lowest BCUT2D eigenvalue weighted by atomic mass is 9.42. The summed E-state index contributed by atoms with van der Waals surface area (Å²) in [5.41, 5.74) is -1.01. The Morgan fingerprint density at radius 3 is 2.41 bits per heavy atom. The van der Waals surface area contributed by atoms with Gasteiger partial charge in [0.1, 0.15) is 31.0 Å². The first-order valence-corrected chi connectivity index (χ1v) is 15.3. The smallest absolute Gasteiger partial charge is 0.331 e. The van der Waals surface area contributed by atoms with Crippen molar-refractivity contribution in [3.63, 3.8) is 0 Å². The second kappa shape index (κ2) is 10.5. The van der Waals surface area contributed by atoms with Crippen LogP contribution in [0.3, 0.4) is 0 Å². The fraction of sp³-hybridized carbons (Fsp3) is 0.900. The number of carbonyl (C=O) groups is 1. The lowest BCUT2D eigenvalue weighted by molar-refractivity contribution is -0.345. The Labute approximate surface area is 241 Å². The minimum Gasteiger partial charge on any atom is -0.458 e. The minimum atomic E-state index is -1.48. The van der Waals surface area contributed by atoms with Crippen molar-refractivity contribution in [1.29, 1.82) is 0 Å². The van der Waals surface area contributed by atoms with E-state index in [9.17, 15) is 35.4 Å². The molecule has 4 aliphatic carbocycles. The van der Waals surface area contributed by atoms with E-state index in [2.05, 4.69) is 6.92 Å². The van der Waals surface area contributed by atoms with E-state index in [0.29, 0.717) is 12.8 Å². The molecule has 0 bridgehead atoms. The molecule has 0 unspecified atom stereocenters. The van der Waals surface area contributed by atoms with Gasteiger partial charge in [0.2, 0.25) is 0 Å². The fourth-order valence-corrected chi connectivity index (χ4v) is 10.4. The van der Waals surface area contributed by atoms with Crippen LogP contribution in [0.15, 0.2) is 11.6 Å². The molecule has 5 fully saturated rings. The van der Waals surface area contributed by atoms with Crippen LogP contribution in [0.1, 0.15) is 65.2 Å². The molecule has 2 aliphatic heterocycles. The summed E-state index contributed by atoms with van der Waals surface area (Å²) in [4.78, 5) is 17.6. The quantitative estimate of drug-likeness (QED) is 0.194. The molecule has 0 aromatic rings. The number of hydroxylamine groups is 2. The lowest BCUT2D eigenvalue weighted by Crippen LogP contribution is -2.68. The molecular formula is C30H47NO10. The normalized spacial score (nSPS) is 53.4. The van der Waals surface area contributed by atoms with E-state index >= 15 is 0 Å². The molecule has 14 atom stereocenters. The van der Waals surface area contributed by atoms with Gasteiger partial charge in [-0.2, -0.15) is 5.06 Å². The summed E-state index contributed by atoms with van der Waals surface area (Å²) in [6.45, 7) is 4.05. The molecular weight excluding hydrogens is 534 g/mol. The zero-order chi connectivity index (χ0) is 29.5. The third-order valence-electron chi connectivity index (χ3n) is 12.7. The topological polar surface area (TPSA) is 169 Å². The van der Waals surface area contributed by atoms with Crippen LogP contribution in [-0.4, -0.2) is 110 Å². The molecule has 2 heterocycles. The largest absolute Gasteiger partial charge is 0.458 e. The molecule has 6 aliphatic rings. The van der Waals surface area contributed by atoms with Crippen molar-refractivity contribution >= 4 is 5.97 Å². The number of hydrogen-bond acceptors (Lipinski definition) is 11. The van der Waals surface area contributed by atoms with Crippen molar-refractivity contribution in [3.8, 4) is 0 Å². The Bertz CT molecular complexity index is 1050. The average molecular weight is 582 g/mol. The van der Waals surface area contributed by atoms with Gasteiger partial charge in [-0.3, -0.25) is 4.84 Å². The molecule has 232 valence electrons. The van der Waals surface area contributed by atoms with Crippen molar-refractivity contribution < 1.29 is 49.7 Å². The maximum atomic E-state index is 12.5. The van der Waals surface area contributed by atoms with Crippen molar-refractivity contribution in [2.75, 3.05) is 20.3 Å². The predicted octanol–water partition coefficient (Wildman–Crippen LogP) is 0.246. The van der Waals surface area contributed by atoms with E-state index in [1.54, 1.807) is 11.1 Å². The summed E-state index contributed by atoms with van der Waals surface area (Å²) in [5, 5.41) is 66.8. The van der Waals surface area contributed by atoms with Crippen LogP contribution in [0.5, 0.6) is 0 Å². The molecule has 41 heavy (non-hydrogen) atoms. The summed E-state index contributed by atoms with van der Waals surface area (Å²) in [6, 6.07) is -0.124. The SMILES string of the molecule is CON([C@H]1CC[C@@]2(C)[C@H](CC[C@@H]3[C@@H]2C[C@@H](O)[C@]2(C)[C@@H](C4=CC(=O)OC4)CC[C@]32O)C1)[C@@H]1O[C@H](CO)[C@@H](O)[C@H](O)[C@H]1O. The number of cyclic esters (lactones) is 1. The molecule has 0 amide bonds. The minimum absolute atomic E-state index is 0.0429. The van der Waals surface area contributed by atoms with E-state index in [1.165, 1.54) is 7.11 Å². The Morgan fingerprint density at radius 2 is 1.76 bits per heavy atom. The number of rotatable bonds is 5. The molecule has 1 saturated heterocycles. The highest BCUT2D eigenvalue weighted by Gasteiger charge is 2.71. The molecule has 6 rings (SSSR count). The summed E-state index contributed by atoms with van der Waals surface area (Å²) in [5.74, 6) is 0.0192. The number of aliphatic hydroxyl groups is 6. The van der Waals surface area contributed by atoms with Gasteiger partial charge in [0.05, 0.1) is 25.4 Å². The first-order chi connectivity index (χ1) is 19.4. The van der Waals surface area contributed by atoms with Crippen LogP contribution in [0, 0.1) is 34.5 Å². The molecule has 4 saturated carbocycles. The monoisotopic (exact) mass is 581 g/mol. The third-order valence-corrected chi connectivity index (χ3v) is 12.7. The zero-order valence-corrected chi connectivity index (χ0v) is 24.3. The van der Waals surface area contributed by atoms with E-state index in [1.807, 2.05) is 6.92 Å². The highest BCUT2D eigenvalue weighted by Crippen LogP contribution is 2.70. The van der Waals surface area contributed by atoms with Crippen molar-refractivity contribution in [2.24, 2.45) is 34.5 Å². The molecule has 6 N–H and O–H groups in total.